The minimum absolute atomic E-state index is 0.0403. The molecule has 2 aromatic heterocycles. The molecule has 0 fully saturated rings. The third kappa shape index (κ3) is 4.01. The third-order valence-electron chi connectivity index (χ3n) is 4.89. The number of hydrogen-bond acceptors (Lipinski definition) is 5. The fourth-order valence-corrected chi connectivity index (χ4v) is 4.56. The molecule has 1 amide bonds. The fourth-order valence-electron chi connectivity index (χ4n) is 3.33. The van der Waals surface area contributed by atoms with Gasteiger partial charge in [-0.25, -0.2) is 9.78 Å². The first-order valence-electron chi connectivity index (χ1n) is 9.14. The summed E-state index contributed by atoms with van der Waals surface area (Å²) in [6, 6.07) is 10.2. The second kappa shape index (κ2) is 8.30. The predicted octanol–water partition coefficient (Wildman–Crippen LogP) is 3.85. The molecule has 158 valence electrons. The van der Waals surface area contributed by atoms with Gasteiger partial charge in [-0.1, -0.05) is 35.3 Å². The number of fused-ring (bicyclic) bond motifs is 1. The van der Waals surface area contributed by atoms with Crippen molar-refractivity contribution in [3.63, 3.8) is 0 Å². The topological polar surface area (TPSA) is 86.0 Å². The minimum atomic E-state index is -0.435. The van der Waals surface area contributed by atoms with E-state index in [9.17, 15) is 14.4 Å². The van der Waals surface area contributed by atoms with Crippen molar-refractivity contribution < 1.29 is 4.79 Å². The summed E-state index contributed by atoms with van der Waals surface area (Å²) in [6.45, 7) is 0. The van der Waals surface area contributed by atoms with E-state index in [1.807, 2.05) is 0 Å². The van der Waals surface area contributed by atoms with Gasteiger partial charge >= 0.3 is 5.69 Å². The van der Waals surface area contributed by atoms with Crippen LogP contribution in [0.2, 0.25) is 10.0 Å². The van der Waals surface area contributed by atoms with Crippen LogP contribution in [0.25, 0.3) is 22.2 Å². The molecule has 2 heterocycles. The van der Waals surface area contributed by atoms with E-state index >= 15 is 0 Å². The summed E-state index contributed by atoms with van der Waals surface area (Å²) in [5, 5.41) is 6.29. The average Bonchev–Trinajstić information content (AvgIpc) is 3.18. The molecule has 0 saturated heterocycles. The van der Waals surface area contributed by atoms with Gasteiger partial charge in [-0.05, 0) is 29.8 Å². The number of hydrogen-bond donors (Lipinski definition) is 1. The standard InChI is InChI=1S/C21H16Cl2N4O3S/c1-26-16-5-3-4-11(18(16)19(29)27(2)21(26)30)8-17(28)25-20-24-15(10-31-20)13-7-6-12(22)9-14(13)23/h3-7,9-10H,8H2,1-2H3,(H,24,25,28). The molecule has 31 heavy (non-hydrogen) atoms. The van der Waals surface area contributed by atoms with Crippen molar-refractivity contribution in [3.8, 4) is 11.3 Å². The van der Waals surface area contributed by atoms with Crippen molar-refractivity contribution in [3.05, 3.63) is 78.2 Å². The number of anilines is 1. The Morgan fingerprint density at radius 3 is 2.65 bits per heavy atom. The summed E-state index contributed by atoms with van der Waals surface area (Å²) in [5.41, 5.74) is 1.49. The number of nitrogens with one attached hydrogen (secondary N) is 1. The highest BCUT2D eigenvalue weighted by molar-refractivity contribution is 7.14. The molecule has 10 heteroatoms. The van der Waals surface area contributed by atoms with Crippen LogP contribution in [0.1, 0.15) is 5.56 Å². The molecular formula is C21H16Cl2N4O3S. The fraction of sp³-hybridized carbons (Fsp3) is 0.143. The molecule has 0 unspecified atom stereocenters. The van der Waals surface area contributed by atoms with E-state index < -0.39 is 11.2 Å². The van der Waals surface area contributed by atoms with Gasteiger partial charge in [0.2, 0.25) is 5.91 Å². The number of halogens is 2. The van der Waals surface area contributed by atoms with E-state index in [0.717, 1.165) is 4.57 Å². The van der Waals surface area contributed by atoms with Crippen molar-refractivity contribution in [1.29, 1.82) is 0 Å². The maximum Gasteiger partial charge on any atom is 0.330 e. The number of thiazole rings is 1. The Bertz CT molecular complexity index is 1460. The van der Waals surface area contributed by atoms with Gasteiger partial charge in [0.15, 0.2) is 5.13 Å². The lowest BCUT2D eigenvalue weighted by atomic mass is 10.1. The van der Waals surface area contributed by atoms with Gasteiger partial charge in [0.05, 0.1) is 28.0 Å². The van der Waals surface area contributed by atoms with Gasteiger partial charge in [-0.2, -0.15) is 0 Å². The highest BCUT2D eigenvalue weighted by Gasteiger charge is 2.16. The van der Waals surface area contributed by atoms with Crippen LogP contribution in [0.15, 0.2) is 51.4 Å². The van der Waals surface area contributed by atoms with Gasteiger partial charge in [-0.15, -0.1) is 11.3 Å². The zero-order valence-electron chi connectivity index (χ0n) is 16.5. The average molecular weight is 475 g/mol. The van der Waals surface area contributed by atoms with Crippen LogP contribution in [0.3, 0.4) is 0 Å². The number of rotatable bonds is 4. The minimum Gasteiger partial charge on any atom is -0.302 e. The van der Waals surface area contributed by atoms with Gasteiger partial charge < -0.3 is 5.32 Å². The van der Waals surface area contributed by atoms with Crippen LogP contribution < -0.4 is 16.6 Å². The molecular weight excluding hydrogens is 459 g/mol. The Labute approximate surface area is 190 Å². The highest BCUT2D eigenvalue weighted by Crippen LogP contribution is 2.32. The smallest absolute Gasteiger partial charge is 0.302 e. The lowest BCUT2D eigenvalue weighted by molar-refractivity contribution is -0.115. The number of nitrogens with zero attached hydrogens (tertiary/aromatic N) is 3. The van der Waals surface area contributed by atoms with E-state index in [1.165, 1.54) is 23.0 Å². The third-order valence-corrected chi connectivity index (χ3v) is 6.20. The Hall–Kier alpha value is -2.94. The van der Waals surface area contributed by atoms with Gasteiger partial charge in [0.1, 0.15) is 0 Å². The molecule has 0 saturated carbocycles. The van der Waals surface area contributed by atoms with Crippen LogP contribution in [-0.4, -0.2) is 20.0 Å². The second-order valence-electron chi connectivity index (χ2n) is 6.90. The summed E-state index contributed by atoms with van der Waals surface area (Å²) in [5.74, 6) is -0.327. The van der Waals surface area contributed by atoms with Crippen molar-refractivity contribution in [2.45, 2.75) is 6.42 Å². The van der Waals surface area contributed by atoms with Gasteiger partial charge in [0.25, 0.3) is 5.56 Å². The monoisotopic (exact) mass is 474 g/mol. The molecule has 1 N–H and O–H groups in total. The number of aryl methyl sites for hydroxylation is 1. The summed E-state index contributed by atoms with van der Waals surface area (Å²) in [4.78, 5) is 41.9. The molecule has 0 spiro atoms. The van der Waals surface area contributed by atoms with Crippen LogP contribution in [0.4, 0.5) is 5.13 Å². The Morgan fingerprint density at radius 1 is 1.13 bits per heavy atom. The number of aromatic nitrogens is 3. The lowest BCUT2D eigenvalue weighted by Crippen LogP contribution is -2.37. The van der Waals surface area contributed by atoms with Crippen molar-refractivity contribution in [1.82, 2.24) is 14.1 Å². The van der Waals surface area contributed by atoms with E-state index in [-0.39, 0.29) is 12.3 Å². The summed E-state index contributed by atoms with van der Waals surface area (Å²) >= 11 is 13.4. The largest absolute Gasteiger partial charge is 0.330 e. The summed E-state index contributed by atoms with van der Waals surface area (Å²) in [6.07, 6.45) is -0.0403. The summed E-state index contributed by atoms with van der Waals surface area (Å²) < 4.78 is 2.42. The number of carbonyl (C=O) groups excluding carboxylic acids is 1. The molecule has 0 radical (unpaired) electrons. The normalized spacial score (nSPS) is 11.1. The van der Waals surface area contributed by atoms with Crippen LogP contribution in [-0.2, 0) is 25.3 Å². The number of carbonyl (C=O) groups is 1. The molecule has 7 nitrogen and oxygen atoms in total. The van der Waals surface area contributed by atoms with Crippen molar-refractivity contribution >= 4 is 56.5 Å². The van der Waals surface area contributed by atoms with Crippen molar-refractivity contribution in [2.24, 2.45) is 14.1 Å². The molecule has 0 atom stereocenters. The van der Waals surface area contributed by atoms with Crippen LogP contribution in [0, 0.1) is 0 Å². The van der Waals surface area contributed by atoms with E-state index in [0.29, 0.717) is 42.9 Å². The lowest BCUT2D eigenvalue weighted by Gasteiger charge is -2.11. The van der Waals surface area contributed by atoms with Crippen LogP contribution >= 0.6 is 34.5 Å². The first kappa shape index (κ1) is 21.3. The van der Waals surface area contributed by atoms with Crippen molar-refractivity contribution in [2.75, 3.05) is 5.32 Å². The first-order valence-corrected chi connectivity index (χ1v) is 10.8. The van der Waals surface area contributed by atoms with E-state index in [4.69, 9.17) is 23.2 Å². The number of benzene rings is 2. The van der Waals surface area contributed by atoms with Crippen LogP contribution in [0.5, 0.6) is 0 Å². The molecule has 0 bridgehead atoms. The summed E-state index contributed by atoms with van der Waals surface area (Å²) in [7, 11) is 3.01. The highest BCUT2D eigenvalue weighted by atomic mass is 35.5. The Kier molecular flexibility index (Phi) is 5.70. The predicted molar refractivity (Wildman–Crippen MR) is 124 cm³/mol. The molecule has 4 aromatic rings. The SMILES string of the molecule is Cn1c(=O)c2c(CC(=O)Nc3nc(-c4ccc(Cl)cc4Cl)cs3)cccc2n(C)c1=O. The second-order valence-corrected chi connectivity index (χ2v) is 8.61. The zero-order chi connectivity index (χ0) is 22.3. The van der Waals surface area contributed by atoms with E-state index in [1.54, 1.807) is 48.8 Å². The zero-order valence-corrected chi connectivity index (χ0v) is 18.8. The first-order chi connectivity index (χ1) is 14.8. The quantitative estimate of drug-likeness (QED) is 0.486. The molecule has 2 aromatic carbocycles. The maximum absolute atomic E-state index is 12.7. The molecule has 4 rings (SSSR count). The molecule has 0 aliphatic carbocycles. The Morgan fingerprint density at radius 2 is 1.90 bits per heavy atom. The Balaban J connectivity index is 1.61. The maximum atomic E-state index is 12.7. The van der Waals surface area contributed by atoms with Gasteiger partial charge in [-0.3, -0.25) is 18.7 Å². The molecule has 0 aliphatic heterocycles. The van der Waals surface area contributed by atoms with Gasteiger partial charge in [0, 0.05) is 30.1 Å². The number of amides is 1. The van der Waals surface area contributed by atoms with E-state index in [2.05, 4.69) is 10.3 Å². The molecule has 0 aliphatic rings.